The average Bonchev–Trinajstić information content (AvgIpc) is 3.34. The molecule has 1 unspecified atom stereocenters. The highest BCUT2D eigenvalue weighted by atomic mass is 19.4. The van der Waals surface area contributed by atoms with Crippen LogP contribution in [0.15, 0.2) is 29.3 Å². The molecule has 0 aromatic carbocycles. The fraction of sp³-hybridized carbons (Fsp3) is 0.583. The van der Waals surface area contributed by atoms with E-state index in [4.69, 9.17) is 5.26 Å². The third kappa shape index (κ3) is 6.38. The number of halogens is 3. The Hall–Kier alpha value is -3.21. The highest BCUT2D eigenvalue weighted by Gasteiger charge is 2.40. The summed E-state index contributed by atoms with van der Waals surface area (Å²) in [5.74, 6) is 0.804. The molecule has 0 aliphatic carbocycles. The minimum absolute atomic E-state index is 0.179. The molecule has 2 aliphatic heterocycles. The van der Waals surface area contributed by atoms with Crippen molar-refractivity contribution in [2.45, 2.75) is 37.7 Å². The van der Waals surface area contributed by atoms with E-state index in [-0.39, 0.29) is 11.7 Å². The van der Waals surface area contributed by atoms with E-state index >= 15 is 0 Å². The fourth-order valence-electron chi connectivity index (χ4n) is 5.08. The number of aliphatic hydroxyl groups excluding tert-OH is 1. The number of nitrogens with one attached hydrogen (secondary N) is 1. The van der Waals surface area contributed by atoms with E-state index in [0.29, 0.717) is 64.2 Å². The minimum Gasteiger partial charge on any atom is -0.378 e. The zero-order chi connectivity index (χ0) is 26.6. The molecule has 2 fully saturated rings. The highest BCUT2D eigenvalue weighted by Crippen LogP contribution is 2.36. The number of nitrogens with zero attached hydrogens (tertiary/aromatic N) is 7. The van der Waals surface area contributed by atoms with Crippen LogP contribution in [0.1, 0.15) is 30.4 Å². The Morgan fingerprint density at radius 3 is 2.65 bits per heavy atom. The smallest absolute Gasteiger partial charge is 0.378 e. The Kier molecular flexibility index (Phi) is 8.31. The van der Waals surface area contributed by atoms with Crippen molar-refractivity contribution in [2.75, 3.05) is 62.7 Å². The van der Waals surface area contributed by atoms with Crippen LogP contribution in [0.2, 0.25) is 0 Å². The molecule has 13 heteroatoms. The maximum atomic E-state index is 13.6. The molecule has 200 valence electrons. The first-order valence-corrected chi connectivity index (χ1v) is 12.3. The lowest BCUT2D eigenvalue weighted by atomic mass is 10.1. The van der Waals surface area contributed by atoms with Gasteiger partial charge in [-0.15, -0.1) is 0 Å². The predicted octanol–water partition coefficient (Wildman–Crippen LogP) is 1.49. The molecule has 37 heavy (non-hydrogen) atoms. The number of anilines is 2. The van der Waals surface area contributed by atoms with Gasteiger partial charge in [-0.05, 0) is 38.4 Å². The van der Waals surface area contributed by atoms with Gasteiger partial charge in [-0.1, -0.05) is 0 Å². The molecule has 2 aliphatic rings. The lowest BCUT2D eigenvalue weighted by Crippen LogP contribution is -2.51. The van der Waals surface area contributed by atoms with Crippen LogP contribution in [-0.4, -0.2) is 95.2 Å². The molecule has 2 saturated heterocycles. The number of alkyl halides is 3. The molecule has 2 aromatic rings. The van der Waals surface area contributed by atoms with Crippen molar-refractivity contribution >= 4 is 11.5 Å². The number of hydrogen-bond acceptors (Lipinski definition) is 9. The summed E-state index contributed by atoms with van der Waals surface area (Å²) < 4.78 is 40.7. The largest absolute Gasteiger partial charge is 0.423 e. The van der Waals surface area contributed by atoms with Gasteiger partial charge in [-0.3, -0.25) is 9.69 Å². The molecular weight excluding hydrogens is 489 g/mol. The van der Waals surface area contributed by atoms with Crippen molar-refractivity contribution in [3.8, 4) is 6.07 Å². The van der Waals surface area contributed by atoms with Gasteiger partial charge in [0, 0.05) is 58.1 Å². The number of pyridine rings is 1. The number of rotatable bonds is 8. The molecule has 4 rings (SSSR count). The molecule has 2 N–H and O–H groups in total. The van der Waals surface area contributed by atoms with Crippen LogP contribution in [0.3, 0.4) is 0 Å². The van der Waals surface area contributed by atoms with Crippen LogP contribution in [0.25, 0.3) is 0 Å². The normalized spacial score (nSPS) is 19.9. The Labute approximate surface area is 212 Å². The topological polar surface area (TPSA) is 116 Å². The first kappa shape index (κ1) is 26.8. The molecule has 2 aromatic heterocycles. The molecule has 0 saturated carbocycles. The zero-order valence-corrected chi connectivity index (χ0v) is 20.7. The van der Waals surface area contributed by atoms with Gasteiger partial charge in [0.25, 0.3) is 5.56 Å². The molecule has 0 spiro atoms. The third-order valence-corrected chi connectivity index (χ3v) is 7.03. The van der Waals surface area contributed by atoms with Gasteiger partial charge in [-0.25, -0.2) is 10.1 Å². The predicted molar refractivity (Wildman–Crippen MR) is 131 cm³/mol. The van der Waals surface area contributed by atoms with Gasteiger partial charge in [0.1, 0.15) is 23.7 Å². The summed E-state index contributed by atoms with van der Waals surface area (Å²) in [6.07, 6.45) is -0.834. The molecule has 0 radical (unpaired) electrons. The van der Waals surface area contributed by atoms with Crippen molar-refractivity contribution in [1.29, 1.82) is 5.26 Å². The number of piperazine rings is 1. The van der Waals surface area contributed by atoms with Crippen molar-refractivity contribution < 1.29 is 18.3 Å². The quantitative estimate of drug-likeness (QED) is 0.534. The van der Waals surface area contributed by atoms with Gasteiger partial charge < -0.3 is 19.8 Å². The van der Waals surface area contributed by atoms with Crippen molar-refractivity contribution in [3.63, 3.8) is 0 Å². The van der Waals surface area contributed by atoms with Crippen molar-refractivity contribution in [2.24, 2.45) is 0 Å². The van der Waals surface area contributed by atoms with E-state index in [1.54, 1.807) is 17.2 Å². The number of H-pyrrole nitrogens is 1. The van der Waals surface area contributed by atoms with E-state index in [9.17, 15) is 23.1 Å². The SMILES string of the molecule is CN(CCC(O)N1CCN(c2ccc(C#N)cn2)CC1)C[C@@H]1CCCN1c1cn[nH]c(=O)c1C(F)(F)F. The Balaban J connectivity index is 1.27. The molecular formula is C24H31F3N8O2. The van der Waals surface area contributed by atoms with E-state index in [1.807, 2.05) is 28.0 Å². The number of aromatic amines is 1. The van der Waals surface area contributed by atoms with Gasteiger partial charge in [0.2, 0.25) is 0 Å². The van der Waals surface area contributed by atoms with E-state index < -0.39 is 23.5 Å². The second kappa shape index (κ2) is 11.5. The van der Waals surface area contributed by atoms with Crippen LogP contribution in [0.4, 0.5) is 24.7 Å². The number of likely N-dealkylation sites (N-methyl/N-ethyl adjacent to an activating group) is 1. The summed E-state index contributed by atoms with van der Waals surface area (Å²) in [5.41, 5.74) is -2.11. The molecule has 0 amide bonds. The minimum atomic E-state index is -4.77. The zero-order valence-electron chi connectivity index (χ0n) is 20.7. The highest BCUT2D eigenvalue weighted by molar-refractivity contribution is 5.54. The van der Waals surface area contributed by atoms with Gasteiger partial charge in [0.05, 0.1) is 17.4 Å². The van der Waals surface area contributed by atoms with Crippen LogP contribution in [0, 0.1) is 11.3 Å². The Bertz CT molecular complexity index is 1140. The summed E-state index contributed by atoms with van der Waals surface area (Å²) in [7, 11) is 1.89. The Morgan fingerprint density at radius 1 is 1.24 bits per heavy atom. The van der Waals surface area contributed by atoms with E-state index in [1.165, 1.54) is 0 Å². The number of nitriles is 1. The first-order chi connectivity index (χ1) is 17.7. The summed E-state index contributed by atoms with van der Waals surface area (Å²) in [5, 5.41) is 25.2. The number of hydrogen-bond donors (Lipinski definition) is 2. The van der Waals surface area contributed by atoms with E-state index in [2.05, 4.69) is 21.1 Å². The maximum Gasteiger partial charge on any atom is 0.423 e. The summed E-state index contributed by atoms with van der Waals surface area (Å²) in [6.45, 7) is 4.24. The van der Waals surface area contributed by atoms with Gasteiger partial charge >= 0.3 is 6.18 Å². The second-order valence-electron chi connectivity index (χ2n) is 9.52. The van der Waals surface area contributed by atoms with Gasteiger partial charge in [-0.2, -0.15) is 23.5 Å². The van der Waals surface area contributed by atoms with Crippen molar-refractivity contribution in [1.82, 2.24) is 25.0 Å². The molecule has 2 atom stereocenters. The van der Waals surface area contributed by atoms with Gasteiger partial charge in [0.15, 0.2) is 0 Å². The number of aromatic nitrogens is 3. The Morgan fingerprint density at radius 2 is 2.00 bits per heavy atom. The average molecular weight is 521 g/mol. The van der Waals surface area contributed by atoms with Crippen LogP contribution < -0.4 is 15.4 Å². The molecule has 10 nitrogen and oxygen atoms in total. The standard InChI is InChI=1S/C24H31F3N8O2/c1-32(16-18-3-2-7-35(18)19-15-30-31-23(37)22(19)24(25,26)27)8-6-21(36)34-11-9-33(10-12-34)20-5-4-17(13-28)14-29-20/h4-5,14-15,18,21,36H,2-3,6-12,16H2,1H3,(H,31,37)/t18-,21?/m0/s1. The third-order valence-electron chi connectivity index (χ3n) is 7.03. The van der Waals surface area contributed by atoms with Crippen LogP contribution >= 0.6 is 0 Å². The summed E-state index contributed by atoms with van der Waals surface area (Å²) in [6, 6.07) is 5.43. The molecule has 0 bridgehead atoms. The first-order valence-electron chi connectivity index (χ1n) is 12.3. The van der Waals surface area contributed by atoms with Crippen LogP contribution in [-0.2, 0) is 6.18 Å². The van der Waals surface area contributed by atoms with E-state index in [0.717, 1.165) is 18.4 Å². The monoisotopic (exact) mass is 520 g/mol. The summed E-state index contributed by atoms with van der Waals surface area (Å²) in [4.78, 5) is 24.0. The lowest BCUT2D eigenvalue weighted by molar-refractivity contribution is -0.138. The number of aliphatic hydroxyl groups is 1. The maximum absolute atomic E-state index is 13.6. The van der Waals surface area contributed by atoms with Crippen molar-refractivity contribution in [3.05, 3.63) is 46.0 Å². The summed E-state index contributed by atoms with van der Waals surface area (Å²) >= 11 is 0. The lowest BCUT2D eigenvalue weighted by Gasteiger charge is -2.38. The fourth-order valence-corrected chi connectivity index (χ4v) is 5.08. The van der Waals surface area contributed by atoms with Crippen LogP contribution in [0.5, 0.6) is 0 Å². The second-order valence-corrected chi connectivity index (χ2v) is 9.52. The molecule has 4 heterocycles.